The molecule has 2 N–H and O–H groups in total. The average molecular weight is 343 g/mol. The molecule has 0 saturated carbocycles. The minimum Gasteiger partial charge on any atom is -0.459 e. The summed E-state index contributed by atoms with van der Waals surface area (Å²) in [4.78, 5) is 14.3. The van der Waals surface area contributed by atoms with Crippen LogP contribution in [0.1, 0.15) is 29.0 Å². The zero-order chi connectivity index (χ0) is 16.8. The van der Waals surface area contributed by atoms with Crippen LogP contribution in [0.4, 0.5) is 0 Å². The quantitative estimate of drug-likeness (QED) is 0.836. The number of rotatable bonds is 4. The Hall–Kier alpha value is -2.18. The highest BCUT2D eigenvalue weighted by Gasteiger charge is 2.20. The summed E-state index contributed by atoms with van der Waals surface area (Å²) in [7, 11) is 0. The Morgan fingerprint density at radius 1 is 1.17 bits per heavy atom. The lowest BCUT2D eigenvalue weighted by molar-refractivity contribution is 0.0949. The van der Waals surface area contributed by atoms with Crippen molar-refractivity contribution in [2.45, 2.75) is 25.4 Å². The molecular formula is C18H21N3O2S. The van der Waals surface area contributed by atoms with Crippen molar-refractivity contribution in [1.82, 2.24) is 15.5 Å². The van der Waals surface area contributed by atoms with Gasteiger partial charge in [0, 0.05) is 25.7 Å². The topological polar surface area (TPSA) is 57.5 Å². The predicted molar refractivity (Wildman–Crippen MR) is 96.6 cm³/mol. The van der Waals surface area contributed by atoms with Gasteiger partial charge < -0.3 is 9.73 Å². The van der Waals surface area contributed by atoms with Gasteiger partial charge in [0.25, 0.3) is 5.91 Å². The van der Waals surface area contributed by atoms with E-state index in [-0.39, 0.29) is 11.7 Å². The van der Waals surface area contributed by atoms with Crippen molar-refractivity contribution in [1.29, 1.82) is 0 Å². The Morgan fingerprint density at radius 2 is 1.92 bits per heavy atom. The summed E-state index contributed by atoms with van der Waals surface area (Å²) >= 11 is 5.22. The molecule has 1 aromatic heterocycles. The fourth-order valence-corrected chi connectivity index (χ4v) is 3.13. The summed E-state index contributed by atoms with van der Waals surface area (Å²) in [5.74, 6) is -0.0594. The summed E-state index contributed by atoms with van der Waals surface area (Å²) in [6.07, 6.45) is 3.47. The number of amides is 1. The van der Waals surface area contributed by atoms with E-state index in [1.165, 1.54) is 11.8 Å². The van der Waals surface area contributed by atoms with E-state index in [0.29, 0.717) is 11.2 Å². The van der Waals surface area contributed by atoms with E-state index in [1.54, 1.807) is 12.1 Å². The number of hydrogen-bond acceptors (Lipinski definition) is 4. The van der Waals surface area contributed by atoms with Crippen molar-refractivity contribution in [3.8, 4) is 0 Å². The molecule has 1 amide bonds. The van der Waals surface area contributed by atoms with E-state index in [9.17, 15) is 4.79 Å². The number of nitrogens with zero attached hydrogens (tertiary/aromatic N) is 1. The molecule has 6 heteroatoms. The second-order valence-electron chi connectivity index (χ2n) is 5.94. The molecular weight excluding hydrogens is 322 g/mol. The van der Waals surface area contributed by atoms with Gasteiger partial charge in [-0.3, -0.25) is 15.0 Å². The monoisotopic (exact) mass is 343 g/mol. The van der Waals surface area contributed by atoms with Gasteiger partial charge in [-0.05, 0) is 42.8 Å². The summed E-state index contributed by atoms with van der Waals surface area (Å²) in [5.41, 5.74) is 1.34. The molecule has 0 unspecified atom stereocenters. The van der Waals surface area contributed by atoms with Gasteiger partial charge in [0.2, 0.25) is 0 Å². The van der Waals surface area contributed by atoms with E-state index >= 15 is 0 Å². The van der Waals surface area contributed by atoms with Crippen LogP contribution in [0.15, 0.2) is 53.1 Å². The lowest BCUT2D eigenvalue weighted by Gasteiger charge is -2.32. The number of furan rings is 1. The maximum Gasteiger partial charge on any atom is 0.293 e. The highest BCUT2D eigenvalue weighted by molar-refractivity contribution is 7.80. The van der Waals surface area contributed by atoms with Crippen LogP contribution in [0, 0.1) is 0 Å². The number of piperidine rings is 1. The third-order valence-electron chi connectivity index (χ3n) is 4.14. The van der Waals surface area contributed by atoms with Gasteiger partial charge in [0.15, 0.2) is 10.9 Å². The molecule has 1 saturated heterocycles. The van der Waals surface area contributed by atoms with E-state index in [2.05, 4.69) is 39.8 Å². The molecule has 1 aliphatic rings. The highest BCUT2D eigenvalue weighted by Crippen LogP contribution is 2.13. The fourth-order valence-electron chi connectivity index (χ4n) is 2.87. The molecule has 0 bridgehead atoms. The van der Waals surface area contributed by atoms with Gasteiger partial charge in [0.1, 0.15) is 0 Å². The van der Waals surface area contributed by atoms with Crippen molar-refractivity contribution in [2.75, 3.05) is 13.1 Å². The molecule has 2 heterocycles. The Labute approximate surface area is 147 Å². The van der Waals surface area contributed by atoms with E-state index < -0.39 is 0 Å². The van der Waals surface area contributed by atoms with E-state index in [4.69, 9.17) is 16.6 Å². The van der Waals surface area contributed by atoms with Crippen molar-refractivity contribution in [3.05, 3.63) is 60.1 Å². The van der Waals surface area contributed by atoms with Crippen LogP contribution >= 0.6 is 12.2 Å². The number of carbonyl (C=O) groups excluding carboxylic acids is 1. The van der Waals surface area contributed by atoms with Gasteiger partial charge in [-0.15, -0.1) is 0 Å². The maximum absolute atomic E-state index is 11.9. The molecule has 1 fully saturated rings. The number of thiocarbonyl (C=S) groups is 1. The number of hydrogen-bond donors (Lipinski definition) is 2. The SMILES string of the molecule is O=C(NC(=S)NC1CCN(Cc2ccccc2)CC1)c1ccco1. The molecule has 1 aromatic carbocycles. The first kappa shape index (κ1) is 16.7. The van der Waals surface area contributed by atoms with Crippen LogP contribution in [0.3, 0.4) is 0 Å². The van der Waals surface area contributed by atoms with Crippen LogP contribution in [0.25, 0.3) is 0 Å². The van der Waals surface area contributed by atoms with E-state index in [1.807, 2.05) is 6.07 Å². The standard InChI is InChI=1S/C18H21N3O2S/c22-17(16-7-4-12-23-16)20-18(24)19-15-8-10-21(11-9-15)13-14-5-2-1-3-6-14/h1-7,12,15H,8-11,13H2,(H2,19,20,22,24). The molecule has 0 radical (unpaired) electrons. The molecule has 2 aromatic rings. The molecule has 5 nitrogen and oxygen atoms in total. The second kappa shape index (κ2) is 8.08. The number of carbonyl (C=O) groups is 1. The number of likely N-dealkylation sites (tertiary alicyclic amines) is 1. The first-order chi connectivity index (χ1) is 11.7. The first-order valence-corrected chi connectivity index (χ1v) is 8.53. The van der Waals surface area contributed by atoms with Gasteiger partial charge in [-0.2, -0.15) is 0 Å². The Morgan fingerprint density at radius 3 is 2.58 bits per heavy atom. The van der Waals surface area contributed by atoms with Gasteiger partial charge >= 0.3 is 0 Å². The van der Waals surface area contributed by atoms with Crippen molar-refractivity contribution in [3.63, 3.8) is 0 Å². The molecule has 126 valence electrons. The van der Waals surface area contributed by atoms with Crippen LogP contribution < -0.4 is 10.6 Å². The lowest BCUT2D eigenvalue weighted by Crippen LogP contribution is -2.48. The zero-order valence-electron chi connectivity index (χ0n) is 13.4. The van der Waals surface area contributed by atoms with Crippen molar-refractivity contribution >= 4 is 23.2 Å². The minimum absolute atomic E-state index is 0.261. The van der Waals surface area contributed by atoms with Crippen molar-refractivity contribution in [2.24, 2.45) is 0 Å². The predicted octanol–water partition coefficient (Wildman–Crippen LogP) is 2.55. The summed E-state index contributed by atoms with van der Waals surface area (Å²) in [6, 6.07) is 14.1. The normalized spacial score (nSPS) is 15.8. The van der Waals surface area contributed by atoms with Crippen LogP contribution in [0.5, 0.6) is 0 Å². The fraction of sp³-hybridized carbons (Fsp3) is 0.333. The van der Waals surface area contributed by atoms with E-state index in [0.717, 1.165) is 32.5 Å². The Bertz CT molecular complexity index is 665. The molecule has 1 aliphatic heterocycles. The third kappa shape index (κ3) is 4.66. The molecule has 0 spiro atoms. The van der Waals surface area contributed by atoms with Gasteiger partial charge in [0.05, 0.1) is 6.26 Å². The Kier molecular flexibility index (Phi) is 5.61. The van der Waals surface area contributed by atoms with Crippen molar-refractivity contribution < 1.29 is 9.21 Å². The third-order valence-corrected chi connectivity index (χ3v) is 4.36. The largest absolute Gasteiger partial charge is 0.459 e. The lowest BCUT2D eigenvalue weighted by atomic mass is 10.0. The van der Waals surface area contributed by atoms with Crippen LogP contribution in [0.2, 0.25) is 0 Å². The van der Waals surface area contributed by atoms with Gasteiger partial charge in [-0.25, -0.2) is 0 Å². The summed E-state index contributed by atoms with van der Waals surface area (Å²) in [6.45, 7) is 3.01. The van der Waals surface area contributed by atoms with Crippen LogP contribution in [-0.4, -0.2) is 35.1 Å². The first-order valence-electron chi connectivity index (χ1n) is 8.12. The number of nitrogens with one attached hydrogen (secondary N) is 2. The zero-order valence-corrected chi connectivity index (χ0v) is 14.2. The second-order valence-corrected chi connectivity index (χ2v) is 6.35. The highest BCUT2D eigenvalue weighted by atomic mass is 32.1. The number of benzene rings is 1. The molecule has 24 heavy (non-hydrogen) atoms. The molecule has 3 rings (SSSR count). The minimum atomic E-state index is -0.320. The average Bonchev–Trinajstić information content (AvgIpc) is 3.12. The Balaban J connectivity index is 1.40. The van der Waals surface area contributed by atoms with Crippen LogP contribution in [-0.2, 0) is 6.54 Å². The summed E-state index contributed by atoms with van der Waals surface area (Å²) < 4.78 is 5.05. The molecule has 0 atom stereocenters. The molecule has 0 aliphatic carbocycles. The summed E-state index contributed by atoms with van der Waals surface area (Å²) in [5, 5.41) is 6.24. The smallest absolute Gasteiger partial charge is 0.293 e. The van der Waals surface area contributed by atoms with Gasteiger partial charge in [-0.1, -0.05) is 30.3 Å². The maximum atomic E-state index is 11.9.